The van der Waals surface area contributed by atoms with E-state index in [1.54, 1.807) is 0 Å². The van der Waals surface area contributed by atoms with Crippen LogP contribution in [0.2, 0.25) is 0 Å². The van der Waals surface area contributed by atoms with Crippen molar-refractivity contribution >= 4 is 12.2 Å². The second-order valence-corrected chi connectivity index (χ2v) is 4.48. The van der Waals surface area contributed by atoms with Crippen LogP contribution in [0, 0.1) is 17.5 Å². The fourth-order valence-electron chi connectivity index (χ4n) is 1.69. The van der Waals surface area contributed by atoms with Crippen LogP contribution in [0.4, 0.5) is 13.2 Å². The van der Waals surface area contributed by atoms with Crippen molar-refractivity contribution in [2.24, 2.45) is 21.7 Å². The minimum atomic E-state index is -0.753. The summed E-state index contributed by atoms with van der Waals surface area (Å²) in [7, 11) is 0. The summed E-state index contributed by atoms with van der Waals surface area (Å²) in [6.45, 7) is -0.210. The van der Waals surface area contributed by atoms with Gasteiger partial charge in [0.05, 0.1) is 6.21 Å². The maximum Gasteiger partial charge on any atom is 0.211 e. The number of benzene rings is 2. The van der Waals surface area contributed by atoms with Crippen molar-refractivity contribution in [2.45, 2.75) is 6.61 Å². The summed E-state index contributed by atoms with van der Waals surface area (Å²) < 4.78 is 45.1. The van der Waals surface area contributed by atoms with Crippen molar-refractivity contribution in [2.75, 3.05) is 0 Å². The van der Waals surface area contributed by atoms with Gasteiger partial charge < -0.3 is 16.2 Å². The number of hydrogen-bond acceptors (Lipinski definition) is 3. The van der Waals surface area contributed by atoms with Crippen LogP contribution in [0.25, 0.3) is 0 Å². The molecule has 0 aliphatic heterocycles. The Balaban J connectivity index is 2.19. The fourth-order valence-corrected chi connectivity index (χ4v) is 1.69. The van der Waals surface area contributed by atoms with E-state index in [1.165, 1.54) is 24.4 Å². The van der Waals surface area contributed by atoms with Gasteiger partial charge in [-0.15, -0.1) is 5.10 Å². The second-order valence-electron chi connectivity index (χ2n) is 4.48. The Hall–Kier alpha value is -3.03. The van der Waals surface area contributed by atoms with Gasteiger partial charge in [-0.05, 0) is 24.3 Å². The van der Waals surface area contributed by atoms with Crippen molar-refractivity contribution in [1.82, 2.24) is 0 Å². The summed E-state index contributed by atoms with van der Waals surface area (Å²) in [5, 5.41) is 7.02. The van der Waals surface area contributed by atoms with Gasteiger partial charge in [0.25, 0.3) is 0 Å². The number of halogens is 3. The molecule has 0 aromatic heterocycles. The topological polar surface area (TPSA) is 86.0 Å². The quantitative estimate of drug-likeness (QED) is 0.503. The lowest BCUT2D eigenvalue weighted by atomic mass is 10.2. The largest absolute Gasteiger partial charge is 0.488 e. The molecule has 0 radical (unpaired) electrons. The van der Waals surface area contributed by atoms with Gasteiger partial charge in [-0.3, -0.25) is 0 Å². The minimum Gasteiger partial charge on any atom is -0.488 e. The Labute approximate surface area is 130 Å². The first-order valence-corrected chi connectivity index (χ1v) is 6.44. The molecule has 0 amide bonds. The Morgan fingerprint density at radius 1 is 1.04 bits per heavy atom. The van der Waals surface area contributed by atoms with Crippen LogP contribution in [0.3, 0.4) is 0 Å². The van der Waals surface area contributed by atoms with Crippen molar-refractivity contribution in [1.29, 1.82) is 0 Å². The van der Waals surface area contributed by atoms with Crippen LogP contribution in [0.15, 0.2) is 46.6 Å². The van der Waals surface area contributed by atoms with Crippen molar-refractivity contribution < 1.29 is 17.9 Å². The van der Waals surface area contributed by atoms with Crippen LogP contribution in [-0.2, 0) is 6.61 Å². The van der Waals surface area contributed by atoms with Crippen molar-refractivity contribution in [3.63, 3.8) is 0 Å². The summed E-state index contributed by atoms with van der Waals surface area (Å²) in [6.07, 6.45) is 1.26. The summed E-state index contributed by atoms with van der Waals surface area (Å²) in [5.74, 6) is -2.11. The third kappa shape index (κ3) is 4.73. The van der Waals surface area contributed by atoms with Crippen molar-refractivity contribution in [3.05, 3.63) is 65.0 Å². The summed E-state index contributed by atoms with van der Waals surface area (Å²) >= 11 is 0. The maximum atomic E-state index is 13.6. The third-order valence-corrected chi connectivity index (χ3v) is 2.74. The molecule has 0 spiro atoms. The fraction of sp³-hybridized carbons (Fsp3) is 0.0667. The molecule has 0 aliphatic rings. The number of ether oxygens (including phenoxy) is 1. The predicted molar refractivity (Wildman–Crippen MR) is 80.5 cm³/mol. The van der Waals surface area contributed by atoms with Crippen LogP contribution >= 0.6 is 0 Å². The zero-order valence-electron chi connectivity index (χ0n) is 11.8. The average molecular weight is 322 g/mol. The SMILES string of the molecule is NC(N)=NN=Cc1ccc(F)cc1OCc1ccc(F)cc1F. The van der Waals surface area contributed by atoms with E-state index < -0.39 is 17.5 Å². The highest BCUT2D eigenvalue weighted by molar-refractivity contribution is 5.84. The van der Waals surface area contributed by atoms with E-state index in [2.05, 4.69) is 10.2 Å². The van der Waals surface area contributed by atoms with E-state index in [0.717, 1.165) is 18.2 Å². The summed E-state index contributed by atoms with van der Waals surface area (Å²) in [5.41, 5.74) is 10.8. The van der Waals surface area contributed by atoms with Gasteiger partial charge in [-0.2, -0.15) is 5.10 Å². The van der Waals surface area contributed by atoms with E-state index in [-0.39, 0.29) is 23.9 Å². The lowest BCUT2D eigenvalue weighted by Crippen LogP contribution is -2.21. The van der Waals surface area contributed by atoms with Gasteiger partial charge in [0.15, 0.2) is 0 Å². The minimum absolute atomic E-state index is 0.114. The molecule has 0 unspecified atom stereocenters. The van der Waals surface area contributed by atoms with E-state index in [4.69, 9.17) is 16.2 Å². The molecule has 2 aromatic rings. The standard InChI is InChI=1S/C15H13F3N4O/c16-11-4-2-10(13(18)5-11)8-23-14-6-12(17)3-1-9(14)7-21-22-15(19)20/h1-7H,8H2,(H4,19,20,22). The van der Waals surface area contributed by atoms with E-state index in [0.29, 0.717) is 5.56 Å². The van der Waals surface area contributed by atoms with Gasteiger partial charge in [0.2, 0.25) is 5.96 Å². The highest BCUT2D eigenvalue weighted by atomic mass is 19.1. The molecule has 8 heteroatoms. The van der Waals surface area contributed by atoms with Crippen LogP contribution in [0.1, 0.15) is 11.1 Å². The number of rotatable bonds is 5. The first-order chi connectivity index (χ1) is 11.0. The van der Waals surface area contributed by atoms with Gasteiger partial charge in [-0.1, -0.05) is 0 Å². The molecule has 0 atom stereocenters. The molecule has 0 saturated carbocycles. The number of guanidine groups is 1. The van der Waals surface area contributed by atoms with E-state index >= 15 is 0 Å². The van der Waals surface area contributed by atoms with Crippen LogP contribution < -0.4 is 16.2 Å². The molecular weight excluding hydrogens is 309 g/mol. The van der Waals surface area contributed by atoms with Crippen LogP contribution in [-0.4, -0.2) is 12.2 Å². The number of nitrogens with zero attached hydrogens (tertiary/aromatic N) is 2. The molecule has 5 nitrogen and oxygen atoms in total. The second kappa shape index (κ2) is 7.30. The third-order valence-electron chi connectivity index (χ3n) is 2.74. The molecule has 0 fully saturated rings. The first-order valence-electron chi connectivity index (χ1n) is 6.44. The monoisotopic (exact) mass is 322 g/mol. The molecule has 0 heterocycles. The van der Waals surface area contributed by atoms with Gasteiger partial charge >= 0.3 is 0 Å². The molecule has 23 heavy (non-hydrogen) atoms. The average Bonchev–Trinajstić information content (AvgIpc) is 2.48. The smallest absolute Gasteiger partial charge is 0.211 e. The Bertz CT molecular complexity index is 758. The molecular formula is C15H13F3N4O. The van der Waals surface area contributed by atoms with E-state index in [1.807, 2.05) is 0 Å². The number of nitrogens with two attached hydrogens (primary N) is 2. The van der Waals surface area contributed by atoms with Gasteiger partial charge in [-0.25, -0.2) is 13.2 Å². The molecule has 2 aromatic carbocycles. The van der Waals surface area contributed by atoms with Gasteiger partial charge in [0.1, 0.15) is 29.8 Å². The molecule has 0 aliphatic carbocycles. The zero-order valence-corrected chi connectivity index (χ0v) is 11.8. The zero-order chi connectivity index (χ0) is 16.8. The summed E-state index contributed by atoms with van der Waals surface area (Å²) in [4.78, 5) is 0. The Morgan fingerprint density at radius 2 is 1.74 bits per heavy atom. The highest BCUT2D eigenvalue weighted by Gasteiger charge is 2.08. The number of hydrogen-bond donors (Lipinski definition) is 2. The van der Waals surface area contributed by atoms with E-state index in [9.17, 15) is 13.2 Å². The molecule has 2 rings (SSSR count). The molecule has 120 valence electrons. The Kier molecular flexibility index (Phi) is 5.19. The lowest BCUT2D eigenvalue weighted by molar-refractivity contribution is 0.297. The molecule has 4 N–H and O–H groups in total. The van der Waals surface area contributed by atoms with Crippen molar-refractivity contribution in [3.8, 4) is 5.75 Å². The molecule has 0 saturated heterocycles. The van der Waals surface area contributed by atoms with Gasteiger partial charge in [0, 0.05) is 23.3 Å². The summed E-state index contributed by atoms with van der Waals surface area (Å²) in [6, 6.07) is 6.80. The first kappa shape index (κ1) is 16.3. The maximum absolute atomic E-state index is 13.6. The predicted octanol–water partition coefficient (Wildman–Crippen LogP) is 2.29. The Morgan fingerprint density at radius 3 is 2.43 bits per heavy atom. The normalized spacial score (nSPS) is 10.7. The highest BCUT2D eigenvalue weighted by Crippen LogP contribution is 2.21. The lowest BCUT2D eigenvalue weighted by Gasteiger charge is -2.10. The molecule has 0 bridgehead atoms. The van der Waals surface area contributed by atoms with Crippen LogP contribution in [0.5, 0.6) is 5.75 Å².